The van der Waals surface area contributed by atoms with Gasteiger partial charge in [0.25, 0.3) is 11.7 Å². The minimum absolute atomic E-state index is 0.0855. The summed E-state index contributed by atoms with van der Waals surface area (Å²) in [5, 5.41) is 13.1. The Kier molecular flexibility index (Phi) is 6.37. The van der Waals surface area contributed by atoms with E-state index < -0.39 is 17.7 Å². The van der Waals surface area contributed by atoms with Gasteiger partial charge in [-0.3, -0.25) is 14.6 Å². The predicted molar refractivity (Wildman–Crippen MR) is 123 cm³/mol. The summed E-state index contributed by atoms with van der Waals surface area (Å²) in [4.78, 5) is 32.5. The molecule has 1 atom stereocenters. The van der Waals surface area contributed by atoms with Gasteiger partial charge in [-0.05, 0) is 41.1 Å². The Labute approximate surface area is 190 Å². The van der Waals surface area contributed by atoms with Crippen molar-refractivity contribution in [3.63, 3.8) is 0 Å². The third-order valence-electron chi connectivity index (χ3n) is 5.12. The van der Waals surface area contributed by atoms with E-state index in [9.17, 15) is 14.7 Å². The lowest BCUT2D eigenvalue weighted by molar-refractivity contribution is -0.140. The summed E-state index contributed by atoms with van der Waals surface area (Å²) in [7, 11) is 0. The van der Waals surface area contributed by atoms with Gasteiger partial charge < -0.3 is 14.7 Å². The molecule has 1 fully saturated rings. The lowest BCUT2D eigenvalue weighted by Gasteiger charge is -2.24. The number of carbonyl (C=O) groups is 2. The Morgan fingerprint density at radius 1 is 1.19 bits per heavy atom. The van der Waals surface area contributed by atoms with E-state index in [4.69, 9.17) is 4.74 Å². The van der Waals surface area contributed by atoms with Crippen LogP contribution < -0.4 is 4.74 Å². The van der Waals surface area contributed by atoms with Crippen molar-refractivity contribution >= 4 is 28.8 Å². The summed E-state index contributed by atoms with van der Waals surface area (Å²) in [5.74, 6) is -0.589. The monoisotopic (exact) mass is 448 g/mol. The maximum Gasteiger partial charge on any atom is 0.295 e. The van der Waals surface area contributed by atoms with E-state index >= 15 is 0 Å². The molecule has 1 unspecified atom stereocenters. The molecule has 4 rings (SSSR count). The molecule has 1 aliphatic rings. The Bertz CT molecular complexity index is 1140. The van der Waals surface area contributed by atoms with Crippen molar-refractivity contribution in [3.8, 4) is 5.75 Å². The van der Waals surface area contributed by atoms with Crippen LogP contribution in [0.3, 0.4) is 0 Å². The number of thiophene rings is 1. The van der Waals surface area contributed by atoms with Gasteiger partial charge in [0.1, 0.15) is 11.5 Å². The molecule has 2 aromatic heterocycles. The number of aliphatic hydroxyl groups is 1. The van der Waals surface area contributed by atoms with Gasteiger partial charge >= 0.3 is 0 Å². The fraction of sp³-hybridized carbons (Fsp3) is 0.240. The summed E-state index contributed by atoms with van der Waals surface area (Å²) in [5.41, 5.74) is 1.33. The second-order valence-electron chi connectivity index (χ2n) is 8.04. The van der Waals surface area contributed by atoms with Crippen LogP contribution in [0.5, 0.6) is 5.75 Å². The number of hydrogen-bond donors (Lipinski definition) is 1. The van der Waals surface area contributed by atoms with Crippen molar-refractivity contribution in [1.29, 1.82) is 0 Å². The number of benzene rings is 1. The Morgan fingerprint density at radius 3 is 2.72 bits per heavy atom. The first-order chi connectivity index (χ1) is 15.5. The van der Waals surface area contributed by atoms with Crippen LogP contribution >= 0.6 is 11.3 Å². The van der Waals surface area contributed by atoms with Crippen molar-refractivity contribution in [2.45, 2.75) is 26.4 Å². The maximum absolute atomic E-state index is 13.1. The van der Waals surface area contributed by atoms with Crippen LogP contribution in [0.2, 0.25) is 0 Å². The van der Waals surface area contributed by atoms with Crippen molar-refractivity contribution in [2.75, 3.05) is 6.61 Å². The predicted octanol–water partition coefficient (Wildman–Crippen LogP) is 4.80. The normalized spacial score (nSPS) is 17.8. The van der Waals surface area contributed by atoms with Gasteiger partial charge in [-0.25, -0.2) is 0 Å². The highest BCUT2D eigenvalue weighted by molar-refractivity contribution is 7.10. The summed E-state index contributed by atoms with van der Waals surface area (Å²) < 4.78 is 5.77. The molecule has 0 bridgehead atoms. The van der Waals surface area contributed by atoms with Crippen LogP contribution in [0.25, 0.3) is 5.76 Å². The molecule has 0 radical (unpaired) electrons. The molecule has 0 spiro atoms. The highest BCUT2D eigenvalue weighted by Gasteiger charge is 2.46. The first-order valence-electron chi connectivity index (χ1n) is 10.4. The Balaban J connectivity index is 1.76. The zero-order chi connectivity index (χ0) is 22.7. The molecule has 0 saturated carbocycles. The van der Waals surface area contributed by atoms with Crippen molar-refractivity contribution < 1.29 is 19.4 Å². The summed E-state index contributed by atoms with van der Waals surface area (Å²) >= 11 is 1.44. The SMILES string of the molecule is CC(C)COc1cccc(/C(O)=C2/C(=O)C(=O)N(Cc3cccnc3)C2c2cccs2)c1. The summed E-state index contributed by atoms with van der Waals surface area (Å²) in [6.07, 6.45) is 3.32. The van der Waals surface area contributed by atoms with E-state index in [0.717, 1.165) is 10.4 Å². The number of ketones is 1. The number of rotatable bonds is 7. The number of aromatic nitrogens is 1. The number of pyridine rings is 1. The Morgan fingerprint density at radius 2 is 2.03 bits per heavy atom. The Hall–Kier alpha value is -3.45. The summed E-state index contributed by atoms with van der Waals surface area (Å²) in [6, 6.07) is 13.7. The van der Waals surface area contributed by atoms with Crippen molar-refractivity contribution in [1.82, 2.24) is 9.88 Å². The van der Waals surface area contributed by atoms with Crippen LogP contribution in [-0.4, -0.2) is 33.3 Å². The van der Waals surface area contributed by atoms with Crippen LogP contribution in [0, 0.1) is 5.92 Å². The quantitative estimate of drug-likeness (QED) is 0.319. The average Bonchev–Trinajstić information content (AvgIpc) is 3.41. The van der Waals surface area contributed by atoms with Gasteiger partial charge in [-0.1, -0.05) is 38.1 Å². The lowest BCUT2D eigenvalue weighted by atomic mass is 9.99. The first-order valence-corrected chi connectivity index (χ1v) is 11.3. The van der Waals surface area contributed by atoms with Crippen LogP contribution in [-0.2, 0) is 16.1 Å². The van der Waals surface area contributed by atoms with Crippen LogP contribution in [0.4, 0.5) is 0 Å². The molecule has 3 heterocycles. The molecule has 1 amide bonds. The molecule has 3 aromatic rings. The highest BCUT2D eigenvalue weighted by atomic mass is 32.1. The number of Topliss-reactive ketones (excluding diaryl/α,β-unsaturated/α-hetero) is 1. The molecule has 0 aliphatic carbocycles. The van der Waals surface area contributed by atoms with E-state index in [-0.39, 0.29) is 17.9 Å². The smallest absolute Gasteiger partial charge is 0.295 e. The number of aliphatic hydroxyl groups excluding tert-OH is 1. The zero-order valence-electron chi connectivity index (χ0n) is 17.9. The van der Waals surface area contributed by atoms with Crippen LogP contribution in [0.1, 0.15) is 35.9 Å². The number of likely N-dealkylation sites (tertiary alicyclic amines) is 1. The minimum atomic E-state index is -0.696. The van der Waals surface area contributed by atoms with Gasteiger partial charge in [-0.2, -0.15) is 0 Å². The molecular formula is C25H24N2O4S. The zero-order valence-corrected chi connectivity index (χ0v) is 18.7. The molecule has 1 N–H and O–H groups in total. The molecule has 164 valence electrons. The van der Waals surface area contributed by atoms with Crippen molar-refractivity contribution in [3.05, 3.63) is 87.9 Å². The lowest BCUT2D eigenvalue weighted by Crippen LogP contribution is -2.28. The van der Waals surface area contributed by atoms with E-state index in [1.54, 1.807) is 42.7 Å². The molecule has 1 aromatic carbocycles. The standard InChI is InChI=1S/C25H24N2O4S/c1-16(2)15-31-19-8-3-7-18(12-19)23(28)21-22(20-9-5-11-32-20)27(25(30)24(21)29)14-17-6-4-10-26-13-17/h3-13,16,22,28H,14-15H2,1-2H3/b23-21-. The molecular weight excluding hydrogens is 424 g/mol. The molecule has 32 heavy (non-hydrogen) atoms. The fourth-order valence-electron chi connectivity index (χ4n) is 3.63. The van der Waals surface area contributed by atoms with Gasteiger partial charge in [0, 0.05) is 29.4 Å². The van der Waals surface area contributed by atoms with E-state index in [1.165, 1.54) is 16.2 Å². The van der Waals surface area contributed by atoms with E-state index in [2.05, 4.69) is 18.8 Å². The number of carbonyl (C=O) groups excluding carboxylic acids is 2. The van der Waals surface area contributed by atoms with E-state index in [1.807, 2.05) is 23.6 Å². The van der Waals surface area contributed by atoms with Gasteiger partial charge in [0.05, 0.1) is 18.2 Å². The van der Waals surface area contributed by atoms with Gasteiger partial charge in [-0.15, -0.1) is 11.3 Å². The molecule has 1 aliphatic heterocycles. The second-order valence-corrected chi connectivity index (χ2v) is 9.02. The average molecular weight is 449 g/mol. The van der Waals surface area contributed by atoms with Gasteiger partial charge in [0.2, 0.25) is 0 Å². The third-order valence-corrected chi connectivity index (χ3v) is 6.04. The van der Waals surface area contributed by atoms with Gasteiger partial charge in [0.15, 0.2) is 0 Å². The minimum Gasteiger partial charge on any atom is -0.507 e. The molecule has 6 nitrogen and oxygen atoms in total. The van der Waals surface area contributed by atoms with Crippen molar-refractivity contribution in [2.24, 2.45) is 5.92 Å². The third kappa shape index (κ3) is 4.43. The van der Waals surface area contributed by atoms with Crippen LogP contribution in [0.15, 0.2) is 71.9 Å². The fourth-order valence-corrected chi connectivity index (χ4v) is 4.47. The largest absolute Gasteiger partial charge is 0.507 e. The molecule has 1 saturated heterocycles. The number of hydrogen-bond acceptors (Lipinski definition) is 6. The highest BCUT2D eigenvalue weighted by Crippen LogP contribution is 2.42. The topological polar surface area (TPSA) is 79.7 Å². The first kappa shape index (κ1) is 21.8. The number of ether oxygens (including phenoxy) is 1. The number of amides is 1. The summed E-state index contributed by atoms with van der Waals surface area (Å²) in [6.45, 7) is 4.85. The second kappa shape index (κ2) is 9.36. The number of nitrogens with zero attached hydrogens (tertiary/aromatic N) is 2. The van der Waals surface area contributed by atoms with E-state index in [0.29, 0.717) is 23.8 Å². The molecule has 7 heteroatoms. The maximum atomic E-state index is 13.1.